The minimum atomic E-state index is -1.10. The standard InChI is InChI=1S/C13H23NO5/c1-9(15)7-6-8-14(10(2)11(16)17)12(18)19-13(3,4)5/h10H,6-8H2,1-5H3,(H,16,17). The van der Waals surface area contributed by atoms with Gasteiger partial charge in [-0.25, -0.2) is 9.59 Å². The van der Waals surface area contributed by atoms with Crippen LogP contribution in [0.3, 0.4) is 0 Å². The number of nitrogens with zero attached hydrogens (tertiary/aromatic N) is 1. The second kappa shape index (κ2) is 7.11. The molecule has 0 aliphatic rings. The van der Waals surface area contributed by atoms with E-state index in [0.29, 0.717) is 12.8 Å². The third kappa shape index (κ3) is 7.43. The van der Waals surface area contributed by atoms with Crippen molar-refractivity contribution in [3.8, 4) is 0 Å². The van der Waals surface area contributed by atoms with E-state index in [9.17, 15) is 14.4 Å². The summed E-state index contributed by atoms with van der Waals surface area (Å²) in [6.45, 7) is 8.19. The highest BCUT2D eigenvalue weighted by Gasteiger charge is 2.29. The van der Waals surface area contributed by atoms with E-state index in [4.69, 9.17) is 9.84 Å². The van der Waals surface area contributed by atoms with E-state index in [-0.39, 0.29) is 12.3 Å². The Kier molecular flexibility index (Phi) is 6.52. The van der Waals surface area contributed by atoms with Crippen molar-refractivity contribution in [2.45, 2.75) is 59.1 Å². The van der Waals surface area contributed by atoms with Gasteiger partial charge >= 0.3 is 12.1 Å². The molecule has 0 saturated carbocycles. The Morgan fingerprint density at radius 2 is 1.79 bits per heavy atom. The average Bonchev–Trinajstić information content (AvgIpc) is 2.20. The van der Waals surface area contributed by atoms with Crippen LogP contribution < -0.4 is 0 Å². The van der Waals surface area contributed by atoms with E-state index in [1.54, 1.807) is 20.8 Å². The number of ketones is 1. The molecule has 1 atom stereocenters. The lowest BCUT2D eigenvalue weighted by Gasteiger charge is -2.29. The molecule has 110 valence electrons. The van der Waals surface area contributed by atoms with E-state index in [1.165, 1.54) is 13.8 Å². The van der Waals surface area contributed by atoms with Gasteiger partial charge in [0.05, 0.1) is 0 Å². The Balaban J connectivity index is 4.71. The third-order valence-electron chi connectivity index (χ3n) is 2.38. The number of ether oxygens (including phenoxy) is 1. The van der Waals surface area contributed by atoms with Crippen molar-refractivity contribution in [1.82, 2.24) is 4.90 Å². The fraction of sp³-hybridized carbons (Fsp3) is 0.769. The van der Waals surface area contributed by atoms with Crippen molar-refractivity contribution < 1.29 is 24.2 Å². The van der Waals surface area contributed by atoms with E-state index in [1.807, 2.05) is 0 Å². The fourth-order valence-corrected chi connectivity index (χ4v) is 1.40. The van der Waals surface area contributed by atoms with Gasteiger partial charge in [-0.1, -0.05) is 0 Å². The van der Waals surface area contributed by atoms with Gasteiger partial charge in [-0.05, 0) is 41.0 Å². The molecule has 6 nitrogen and oxygen atoms in total. The number of hydrogen-bond donors (Lipinski definition) is 1. The highest BCUT2D eigenvalue weighted by Crippen LogP contribution is 2.13. The van der Waals surface area contributed by atoms with Crippen LogP contribution in [-0.4, -0.2) is 46.0 Å². The summed E-state index contributed by atoms with van der Waals surface area (Å²) in [6.07, 6.45) is 0.0589. The van der Waals surface area contributed by atoms with Crippen LogP contribution in [0.1, 0.15) is 47.5 Å². The first-order valence-electron chi connectivity index (χ1n) is 6.26. The summed E-state index contributed by atoms with van der Waals surface area (Å²) in [5.74, 6) is -1.10. The van der Waals surface area contributed by atoms with Crippen molar-refractivity contribution in [2.24, 2.45) is 0 Å². The van der Waals surface area contributed by atoms with E-state index in [2.05, 4.69) is 0 Å². The Bertz CT molecular complexity index is 345. The summed E-state index contributed by atoms with van der Waals surface area (Å²) in [5.41, 5.74) is -0.686. The van der Waals surface area contributed by atoms with Crippen LogP contribution in [0.15, 0.2) is 0 Å². The van der Waals surface area contributed by atoms with Gasteiger partial charge in [0, 0.05) is 13.0 Å². The van der Waals surface area contributed by atoms with Gasteiger partial charge < -0.3 is 14.6 Å². The largest absolute Gasteiger partial charge is 0.480 e. The molecule has 0 radical (unpaired) electrons. The molecule has 0 aliphatic heterocycles. The molecule has 1 unspecified atom stereocenters. The quantitative estimate of drug-likeness (QED) is 0.800. The van der Waals surface area contributed by atoms with Crippen molar-refractivity contribution >= 4 is 17.8 Å². The van der Waals surface area contributed by atoms with Gasteiger partial charge in [0.2, 0.25) is 0 Å². The fourth-order valence-electron chi connectivity index (χ4n) is 1.40. The van der Waals surface area contributed by atoms with Crippen molar-refractivity contribution in [2.75, 3.05) is 6.54 Å². The van der Waals surface area contributed by atoms with Crippen LogP contribution >= 0.6 is 0 Å². The maximum atomic E-state index is 11.9. The molecular formula is C13H23NO5. The van der Waals surface area contributed by atoms with E-state index >= 15 is 0 Å². The first kappa shape index (κ1) is 17.4. The van der Waals surface area contributed by atoms with Gasteiger partial charge in [-0.3, -0.25) is 4.90 Å². The summed E-state index contributed by atoms with van der Waals surface area (Å²) in [7, 11) is 0. The Morgan fingerprint density at radius 3 is 2.16 bits per heavy atom. The normalized spacial score (nSPS) is 12.7. The molecule has 0 saturated heterocycles. The van der Waals surface area contributed by atoms with Gasteiger partial charge in [0.1, 0.15) is 17.4 Å². The summed E-state index contributed by atoms with van der Waals surface area (Å²) < 4.78 is 5.17. The number of rotatable bonds is 6. The number of carboxylic acids is 1. The highest BCUT2D eigenvalue weighted by atomic mass is 16.6. The molecule has 0 spiro atoms. The molecule has 1 amide bonds. The zero-order valence-corrected chi connectivity index (χ0v) is 12.2. The Morgan fingerprint density at radius 1 is 1.26 bits per heavy atom. The van der Waals surface area contributed by atoms with Crippen molar-refractivity contribution in [3.05, 3.63) is 0 Å². The van der Waals surface area contributed by atoms with Gasteiger partial charge in [-0.2, -0.15) is 0 Å². The molecule has 0 heterocycles. The predicted octanol–water partition coefficient (Wildman–Crippen LogP) is 2.07. The summed E-state index contributed by atoms with van der Waals surface area (Å²) in [4.78, 5) is 34.9. The maximum Gasteiger partial charge on any atom is 0.411 e. The Labute approximate surface area is 113 Å². The molecule has 0 aromatic carbocycles. The number of aliphatic carboxylic acids is 1. The van der Waals surface area contributed by atoms with Gasteiger partial charge in [0.15, 0.2) is 0 Å². The third-order valence-corrected chi connectivity index (χ3v) is 2.38. The zero-order chi connectivity index (χ0) is 15.2. The van der Waals surface area contributed by atoms with Gasteiger partial charge in [-0.15, -0.1) is 0 Å². The molecule has 0 bridgehead atoms. The molecule has 0 rings (SSSR count). The predicted molar refractivity (Wildman–Crippen MR) is 70.0 cm³/mol. The maximum absolute atomic E-state index is 11.9. The summed E-state index contributed by atoms with van der Waals surface area (Å²) in [6, 6.07) is -0.984. The SMILES string of the molecule is CC(=O)CCCN(C(=O)OC(C)(C)C)C(C)C(=O)O. The van der Waals surface area contributed by atoms with Crippen LogP contribution in [0.25, 0.3) is 0 Å². The number of carbonyl (C=O) groups excluding carboxylic acids is 2. The zero-order valence-electron chi connectivity index (χ0n) is 12.2. The van der Waals surface area contributed by atoms with E-state index in [0.717, 1.165) is 4.90 Å². The second-order valence-corrected chi connectivity index (χ2v) is 5.49. The van der Waals surface area contributed by atoms with Crippen LogP contribution in [0, 0.1) is 0 Å². The van der Waals surface area contributed by atoms with Crippen LogP contribution in [0.2, 0.25) is 0 Å². The lowest BCUT2D eigenvalue weighted by Crippen LogP contribution is -2.46. The molecule has 0 aromatic rings. The van der Waals surface area contributed by atoms with Crippen LogP contribution in [-0.2, 0) is 14.3 Å². The Hall–Kier alpha value is -1.59. The second-order valence-electron chi connectivity index (χ2n) is 5.49. The molecule has 19 heavy (non-hydrogen) atoms. The number of carboxylic acid groups (broad SMARTS) is 1. The molecule has 0 aliphatic carbocycles. The van der Waals surface area contributed by atoms with Crippen molar-refractivity contribution in [1.29, 1.82) is 0 Å². The monoisotopic (exact) mass is 273 g/mol. The van der Waals surface area contributed by atoms with Crippen LogP contribution in [0.5, 0.6) is 0 Å². The average molecular weight is 273 g/mol. The number of hydrogen-bond acceptors (Lipinski definition) is 4. The summed E-state index contributed by atoms with van der Waals surface area (Å²) in [5, 5.41) is 8.99. The lowest BCUT2D eigenvalue weighted by molar-refractivity contribution is -0.142. The lowest BCUT2D eigenvalue weighted by atomic mass is 10.2. The number of Topliss-reactive ketones (excluding diaryl/α,β-unsaturated/α-hetero) is 1. The minimum Gasteiger partial charge on any atom is -0.480 e. The molecule has 1 N–H and O–H groups in total. The van der Waals surface area contributed by atoms with Crippen molar-refractivity contribution in [3.63, 3.8) is 0 Å². The topological polar surface area (TPSA) is 83.9 Å². The van der Waals surface area contributed by atoms with E-state index < -0.39 is 23.7 Å². The summed E-state index contributed by atoms with van der Waals surface area (Å²) >= 11 is 0. The molecule has 0 aromatic heterocycles. The van der Waals surface area contributed by atoms with Gasteiger partial charge in [0.25, 0.3) is 0 Å². The molecular weight excluding hydrogens is 250 g/mol. The van der Waals surface area contributed by atoms with Crippen LogP contribution in [0.4, 0.5) is 4.79 Å². The minimum absolute atomic E-state index is 0.00659. The molecule has 0 fully saturated rings. The first-order valence-corrected chi connectivity index (χ1v) is 6.26. The number of amides is 1. The number of carbonyl (C=O) groups is 3. The molecule has 6 heteroatoms. The first-order chi connectivity index (χ1) is 8.54. The smallest absolute Gasteiger partial charge is 0.411 e. The highest BCUT2D eigenvalue weighted by molar-refractivity contribution is 5.80.